The van der Waals surface area contributed by atoms with Crippen LogP contribution in [0.5, 0.6) is 0 Å². The lowest BCUT2D eigenvalue weighted by molar-refractivity contribution is 0.382. The molecule has 0 amide bonds. The Morgan fingerprint density at radius 1 is 0.661 bits per heavy atom. The van der Waals surface area contributed by atoms with Crippen molar-refractivity contribution in [1.82, 2.24) is 0 Å². The molecule has 302 valence electrons. The number of nitrogens with zero attached hydrogens (tertiary/aromatic N) is 1. The second-order valence-electron chi connectivity index (χ2n) is 19.1. The maximum absolute atomic E-state index is 3.83. The first-order valence-electron chi connectivity index (χ1n) is 22.3. The Kier molecular flexibility index (Phi) is 10.7. The second kappa shape index (κ2) is 15.5. The number of benzene rings is 6. The average Bonchev–Trinajstić information content (AvgIpc) is 3.74. The van der Waals surface area contributed by atoms with Gasteiger partial charge in [0.25, 0.3) is 0 Å². The number of hydrogen-bond donors (Lipinski definition) is 0. The van der Waals surface area contributed by atoms with Crippen LogP contribution in [0.4, 0.5) is 17.1 Å². The third kappa shape index (κ3) is 6.60. The van der Waals surface area contributed by atoms with Crippen LogP contribution in [0.3, 0.4) is 0 Å². The molecule has 4 atom stereocenters. The summed E-state index contributed by atoms with van der Waals surface area (Å²) in [5.41, 5.74) is 17.5. The molecule has 0 heterocycles. The lowest BCUT2D eigenvalue weighted by Crippen LogP contribution is -2.28. The molecule has 0 bridgehead atoms. The zero-order valence-electron chi connectivity index (χ0n) is 36.0. The molecule has 3 heteroatoms. The van der Waals surface area contributed by atoms with E-state index in [4.69, 9.17) is 0 Å². The van der Waals surface area contributed by atoms with Crippen molar-refractivity contribution in [3.63, 3.8) is 0 Å². The summed E-state index contributed by atoms with van der Waals surface area (Å²) in [5.74, 6) is 2.16. The molecule has 0 N–H and O–H groups in total. The fourth-order valence-electron chi connectivity index (χ4n) is 11.4. The molecular formula is C56H59Br2N. The highest BCUT2D eigenvalue weighted by atomic mass is 79.9. The van der Waals surface area contributed by atoms with Gasteiger partial charge >= 0.3 is 0 Å². The van der Waals surface area contributed by atoms with Crippen molar-refractivity contribution in [2.45, 2.75) is 110 Å². The van der Waals surface area contributed by atoms with Crippen LogP contribution in [0.15, 0.2) is 136 Å². The van der Waals surface area contributed by atoms with Gasteiger partial charge in [0, 0.05) is 25.9 Å². The minimum Gasteiger partial charge on any atom is -0.310 e. The maximum Gasteiger partial charge on any atom is 0.0726 e. The van der Waals surface area contributed by atoms with Gasteiger partial charge in [-0.2, -0.15) is 0 Å². The number of fused-ring (bicyclic) bond motifs is 10. The highest BCUT2D eigenvalue weighted by Gasteiger charge is 2.56. The fraction of sp³-hybridized carbons (Fsp3) is 0.357. The molecule has 0 aliphatic heterocycles. The Morgan fingerprint density at radius 3 is 1.95 bits per heavy atom. The molecule has 1 saturated carbocycles. The number of rotatable bonds is 13. The van der Waals surface area contributed by atoms with E-state index < -0.39 is 5.41 Å². The van der Waals surface area contributed by atoms with Crippen molar-refractivity contribution in [3.05, 3.63) is 170 Å². The average molecular weight is 906 g/mol. The van der Waals surface area contributed by atoms with Crippen molar-refractivity contribution in [3.8, 4) is 22.3 Å². The smallest absolute Gasteiger partial charge is 0.0726 e. The molecular weight excluding hydrogens is 846 g/mol. The molecule has 3 aliphatic carbocycles. The third-order valence-corrected chi connectivity index (χ3v) is 15.7. The number of halogens is 2. The molecule has 1 spiro atoms. The third-order valence-electron chi connectivity index (χ3n) is 14.7. The predicted octanol–water partition coefficient (Wildman–Crippen LogP) is 17.2. The van der Waals surface area contributed by atoms with Crippen LogP contribution in [0, 0.1) is 17.8 Å². The van der Waals surface area contributed by atoms with E-state index in [0.29, 0.717) is 5.92 Å². The normalized spacial score (nSPS) is 20.7. The zero-order chi connectivity index (χ0) is 41.3. The summed E-state index contributed by atoms with van der Waals surface area (Å²) in [7, 11) is 0. The minimum atomic E-state index is -0.456. The summed E-state index contributed by atoms with van der Waals surface area (Å²) in [4.78, 5) is 2.46. The van der Waals surface area contributed by atoms with Gasteiger partial charge in [0.15, 0.2) is 0 Å². The van der Waals surface area contributed by atoms with Crippen molar-refractivity contribution >= 4 is 48.9 Å². The summed E-state index contributed by atoms with van der Waals surface area (Å²) in [6.07, 6.45) is 8.61. The topological polar surface area (TPSA) is 3.24 Å². The molecule has 6 aromatic rings. The van der Waals surface area contributed by atoms with Gasteiger partial charge in [0.05, 0.1) is 11.1 Å². The van der Waals surface area contributed by atoms with Gasteiger partial charge in [-0.05, 0) is 153 Å². The molecule has 0 radical (unpaired) electrons. The van der Waals surface area contributed by atoms with E-state index in [1.54, 1.807) is 0 Å². The predicted molar refractivity (Wildman–Crippen MR) is 259 cm³/mol. The summed E-state index contributed by atoms with van der Waals surface area (Å²) < 4.78 is 2.12. The standard InChI is InChI=1S/C56H59Br2N/c1-8-54(7,29-15-16-36(3)4)38-25-27-45-46-28-26-39(55(9-2)35-40(55)30-37(5)6)32-51(46)56(50(45)31-38)48-22-11-10-21-47(48)53-49(56)23-14-24-52(53)59(43-19-12-17-41(57)33-43)44-20-13-18-42(58)34-44/h10-14,17-28,31-34,36-37,40H,8-9,15-16,29-30,35H2,1-7H3. The van der Waals surface area contributed by atoms with Crippen LogP contribution in [0.25, 0.3) is 22.3 Å². The largest absolute Gasteiger partial charge is 0.310 e. The lowest BCUT2D eigenvalue weighted by atomic mass is 9.68. The van der Waals surface area contributed by atoms with E-state index in [-0.39, 0.29) is 10.8 Å². The lowest BCUT2D eigenvalue weighted by Gasteiger charge is -2.34. The molecule has 0 saturated heterocycles. The zero-order valence-corrected chi connectivity index (χ0v) is 39.2. The molecule has 1 nitrogen and oxygen atoms in total. The van der Waals surface area contributed by atoms with Crippen molar-refractivity contribution in [2.24, 2.45) is 17.8 Å². The van der Waals surface area contributed by atoms with Crippen LogP contribution >= 0.6 is 31.9 Å². The van der Waals surface area contributed by atoms with E-state index in [1.165, 1.54) is 99.8 Å². The SMILES string of the molecule is CCC(C)(CCCC(C)C)c1ccc2c(c1)C1(c3cc(C4(CC)CC4CC(C)C)ccc3-2)c2ccccc2-c2c(N(c3cccc(Br)c3)c3cccc(Br)c3)cccc21. The van der Waals surface area contributed by atoms with Crippen LogP contribution in [0.1, 0.15) is 127 Å². The van der Waals surface area contributed by atoms with Gasteiger partial charge in [-0.15, -0.1) is 0 Å². The van der Waals surface area contributed by atoms with Crippen LogP contribution in [0.2, 0.25) is 0 Å². The number of anilines is 3. The van der Waals surface area contributed by atoms with Gasteiger partial charge in [0.2, 0.25) is 0 Å². The Hall–Kier alpha value is -3.92. The monoisotopic (exact) mass is 903 g/mol. The Balaban J connectivity index is 1.34. The van der Waals surface area contributed by atoms with Gasteiger partial charge in [-0.25, -0.2) is 0 Å². The fourth-order valence-corrected chi connectivity index (χ4v) is 12.2. The van der Waals surface area contributed by atoms with Gasteiger partial charge in [-0.1, -0.05) is 178 Å². The Morgan fingerprint density at radius 2 is 1.31 bits per heavy atom. The molecule has 9 rings (SSSR count). The first-order chi connectivity index (χ1) is 28.4. The van der Waals surface area contributed by atoms with Crippen molar-refractivity contribution < 1.29 is 0 Å². The second-order valence-corrected chi connectivity index (χ2v) is 20.9. The molecule has 0 aromatic heterocycles. The van der Waals surface area contributed by atoms with Gasteiger partial charge < -0.3 is 4.90 Å². The van der Waals surface area contributed by atoms with E-state index in [1.807, 2.05) is 0 Å². The van der Waals surface area contributed by atoms with E-state index in [0.717, 1.165) is 38.6 Å². The molecule has 4 unspecified atom stereocenters. The summed E-state index contributed by atoms with van der Waals surface area (Å²) >= 11 is 7.66. The first kappa shape index (κ1) is 40.5. The molecule has 59 heavy (non-hydrogen) atoms. The van der Waals surface area contributed by atoms with Gasteiger partial charge in [-0.3, -0.25) is 0 Å². The van der Waals surface area contributed by atoms with Crippen LogP contribution in [-0.4, -0.2) is 0 Å². The summed E-state index contributed by atoms with van der Waals surface area (Å²) in [6, 6.07) is 49.4. The summed E-state index contributed by atoms with van der Waals surface area (Å²) in [6.45, 7) is 16.9. The highest BCUT2D eigenvalue weighted by Crippen LogP contribution is 2.67. The van der Waals surface area contributed by atoms with E-state index >= 15 is 0 Å². The summed E-state index contributed by atoms with van der Waals surface area (Å²) in [5, 5.41) is 0. The van der Waals surface area contributed by atoms with Crippen LogP contribution < -0.4 is 4.90 Å². The van der Waals surface area contributed by atoms with E-state index in [2.05, 4.69) is 213 Å². The van der Waals surface area contributed by atoms with Crippen LogP contribution in [-0.2, 0) is 16.2 Å². The van der Waals surface area contributed by atoms with Crippen molar-refractivity contribution in [2.75, 3.05) is 4.90 Å². The molecule has 1 fully saturated rings. The molecule has 3 aliphatic rings. The first-order valence-corrected chi connectivity index (χ1v) is 23.9. The highest BCUT2D eigenvalue weighted by molar-refractivity contribution is 9.10. The van der Waals surface area contributed by atoms with Crippen molar-refractivity contribution in [1.29, 1.82) is 0 Å². The Bertz CT molecular complexity index is 2500. The quantitative estimate of drug-likeness (QED) is 0.111. The van der Waals surface area contributed by atoms with Gasteiger partial charge in [0.1, 0.15) is 0 Å². The van der Waals surface area contributed by atoms with E-state index in [9.17, 15) is 0 Å². The molecule has 6 aromatic carbocycles. The minimum absolute atomic E-state index is 0.0936. The maximum atomic E-state index is 3.83. The Labute approximate surface area is 370 Å². The number of hydrogen-bond acceptors (Lipinski definition) is 1.